The molecular weight excluding hydrogens is 857 g/mol. The van der Waals surface area contributed by atoms with Crippen molar-refractivity contribution in [3.8, 4) is 89.5 Å². The van der Waals surface area contributed by atoms with Gasteiger partial charge in [0.05, 0.1) is 16.8 Å². The molecule has 2 heteroatoms. The summed E-state index contributed by atoms with van der Waals surface area (Å²) in [6.45, 7) is 0. The monoisotopic (exact) mass is 902 g/mol. The fourth-order valence-corrected chi connectivity index (χ4v) is 11.1. The maximum Gasteiger partial charge on any atom is 0.160 e. The summed E-state index contributed by atoms with van der Waals surface area (Å²) in [4.78, 5) is 10.4. The molecule has 0 radical (unpaired) electrons. The highest BCUT2D eigenvalue weighted by Crippen LogP contribution is 2.58. The predicted molar refractivity (Wildman–Crippen MR) is 295 cm³/mol. The van der Waals surface area contributed by atoms with Crippen LogP contribution in [0.3, 0.4) is 0 Å². The van der Waals surface area contributed by atoms with Gasteiger partial charge in [-0.15, -0.1) is 0 Å². The van der Waals surface area contributed by atoms with E-state index in [-0.39, 0.29) is 0 Å². The first-order chi connectivity index (χ1) is 35.2. The van der Waals surface area contributed by atoms with Crippen molar-refractivity contribution in [2.75, 3.05) is 0 Å². The Kier molecular flexibility index (Phi) is 10.4. The van der Waals surface area contributed by atoms with Crippen LogP contribution >= 0.6 is 0 Å². The lowest BCUT2D eigenvalue weighted by molar-refractivity contribution is 0.769. The van der Waals surface area contributed by atoms with Gasteiger partial charge in [-0.25, -0.2) is 9.97 Å². The van der Waals surface area contributed by atoms with Crippen LogP contribution in [0.25, 0.3) is 100 Å². The number of aromatic nitrogens is 2. The van der Waals surface area contributed by atoms with Crippen LogP contribution in [0, 0.1) is 0 Å². The molecule has 0 saturated heterocycles. The van der Waals surface area contributed by atoms with E-state index in [0.29, 0.717) is 5.82 Å². The summed E-state index contributed by atoms with van der Waals surface area (Å²) in [6.07, 6.45) is 0. The van der Waals surface area contributed by atoms with Crippen molar-refractivity contribution in [3.05, 3.63) is 301 Å². The molecule has 0 amide bonds. The maximum absolute atomic E-state index is 5.25. The molecule has 0 spiro atoms. The quantitative estimate of drug-likeness (QED) is 0.144. The standard InChI is InChI=1S/C69H46N2/c1-5-21-47(22-6-1)50-27-18-31-54(42-50)66-46-67(71-68(70-66)49-24-7-2-8-25-49)55-32-19-29-52(43-55)51-28-17-30-53(41-51)61-45-65-63(44-62(61)59-39-20-26-48-23-13-14-37-58(48)59)60-38-15-16-40-64(60)69(65,56-33-9-3-10-34-56)57-35-11-4-12-36-57/h1-46H. The van der Waals surface area contributed by atoms with Crippen LogP contribution in [-0.4, -0.2) is 9.97 Å². The summed E-state index contributed by atoms with van der Waals surface area (Å²) in [6, 6.07) is 101. The highest BCUT2D eigenvalue weighted by atomic mass is 14.9. The highest BCUT2D eigenvalue weighted by molar-refractivity contribution is 6.03. The zero-order chi connectivity index (χ0) is 47.1. The minimum Gasteiger partial charge on any atom is -0.228 e. The van der Waals surface area contributed by atoms with Gasteiger partial charge in [-0.2, -0.15) is 0 Å². The summed E-state index contributed by atoms with van der Waals surface area (Å²) in [7, 11) is 0. The van der Waals surface area contributed by atoms with Gasteiger partial charge in [0.15, 0.2) is 5.82 Å². The molecule has 2 nitrogen and oxygen atoms in total. The zero-order valence-electron chi connectivity index (χ0n) is 39.0. The van der Waals surface area contributed by atoms with E-state index in [9.17, 15) is 0 Å². The number of rotatable bonds is 9. The first-order valence-electron chi connectivity index (χ1n) is 24.4. The molecule has 332 valence electrons. The average molecular weight is 903 g/mol. The SMILES string of the molecule is c1ccc(-c2cccc(-c3cc(-c4cccc(-c5cccc(-c6cc7c(cc6-c6cccc8ccccc68)-c6ccccc6C7(c6ccccc6)c6ccccc6)c5)c4)nc(-c4ccccc4)n3)c2)cc1. The second-order valence-corrected chi connectivity index (χ2v) is 18.4. The van der Waals surface area contributed by atoms with Gasteiger partial charge < -0.3 is 0 Å². The molecule has 11 aromatic carbocycles. The highest BCUT2D eigenvalue weighted by Gasteiger charge is 2.46. The summed E-state index contributed by atoms with van der Waals surface area (Å²) in [5, 5.41) is 2.45. The Morgan fingerprint density at radius 2 is 0.690 bits per heavy atom. The summed E-state index contributed by atoms with van der Waals surface area (Å²) in [5.74, 6) is 0.692. The number of benzene rings is 11. The molecule has 0 bridgehead atoms. The van der Waals surface area contributed by atoms with Crippen molar-refractivity contribution >= 4 is 10.8 Å². The molecule has 0 fully saturated rings. The lowest BCUT2D eigenvalue weighted by atomic mass is 9.67. The average Bonchev–Trinajstić information content (AvgIpc) is 3.75. The van der Waals surface area contributed by atoms with E-state index in [1.165, 1.54) is 66.4 Å². The zero-order valence-corrected chi connectivity index (χ0v) is 39.0. The van der Waals surface area contributed by atoms with Crippen LogP contribution in [0.4, 0.5) is 0 Å². The van der Waals surface area contributed by atoms with E-state index >= 15 is 0 Å². The third kappa shape index (κ3) is 7.37. The van der Waals surface area contributed by atoms with E-state index in [4.69, 9.17) is 9.97 Å². The van der Waals surface area contributed by atoms with Gasteiger partial charge in [-0.3, -0.25) is 0 Å². The minimum atomic E-state index is -0.537. The Balaban J connectivity index is 0.990. The number of nitrogens with zero attached hydrogens (tertiary/aromatic N) is 2. The molecule has 13 rings (SSSR count). The second-order valence-electron chi connectivity index (χ2n) is 18.4. The van der Waals surface area contributed by atoms with Crippen LogP contribution in [0.15, 0.2) is 279 Å². The Morgan fingerprint density at radius 1 is 0.239 bits per heavy atom. The van der Waals surface area contributed by atoms with Gasteiger partial charge in [0.2, 0.25) is 0 Å². The lowest BCUT2D eigenvalue weighted by Crippen LogP contribution is -2.28. The van der Waals surface area contributed by atoms with Gasteiger partial charge >= 0.3 is 0 Å². The van der Waals surface area contributed by atoms with Crippen molar-refractivity contribution < 1.29 is 0 Å². The molecule has 0 atom stereocenters. The lowest BCUT2D eigenvalue weighted by Gasteiger charge is -2.34. The second kappa shape index (κ2) is 17.7. The van der Waals surface area contributed by atoms with Crippen molar-refractivity contribution in [2.45, 2.75) is 5.41 Å². The molecule has 0 unspecified atom stereocenters. The molecule has 71 heavy (non-hydrogen) atoms. The summed E-state index contributed by atoms with van der Waals surface area (Å²) in [5.41, 5.74) is 21.2. The molecule has 0 aliphatic heterocycles. The topological polar surface area (TPSA) is 25.8 Å². The Labute approximate surface area is 414 Å². The predicted octanol–water partition coefficient (Wildman–Crippen LogP) is 17.7. The molecule has 1 heterocycles. The molecule has 0 N–H and O–H groups in total. The van der Waals surface area contributed by atoms with Gasteiger partial charge in [0, 0.05) is 16.7 Å². The van der Waals surface area contributed by atoms with Gasteiger partial charge in [0.1, 0.15) is 0 Å². The number of fused-ring (bicyclic) bond motifs is 4. The van der Waals surface area contributed by atoms with Crippen molar-refractivity contribution in [2.24, 2.45) is 0 Å². The van der Waals surface area contributed by atoms with Crippen molar-refractivity contribution in [1.82, 2.24) is 9.97 Å². The third-order valence-corrected chi connectivity index (χ3v) is 14.4. The smallest absolute Gasteiger partial charge is 0.160 e. The maximum atomic E-state index is 5.25. The Bertz CT molecular complexity index is 3870. The van der Waals surface area contributed by atoms with Crippen molar-refractivity contribution in [1.29, 1.82) is 0 Å². The van der Waals surface area contributed by atoms with Crippen molar-refractivity contribution in [3.63, 3.8) is 0 Å². The van der Waals surface area contributed by atoms with Crippen LogP contribution in [0.5, 0.6) is 0 Å². The normalized spacial score (nSPS) is 12.3. The fraction of sp³-hybridized carbons (Fsp3) is 0.0145. The molecule has 1 aromatic heterocycles. The van der Waals surface area contributed by atoms with E-state index in [2.05, 4.69) is 261 Å². The van der Waals surface area contributed by atoms with E-state index in [1.807, 2.05) is 18.2 Å². The van der Waals surface area contributed by atoms with E-state index in [0.717, 1.165) is 50.3 Å². The first kappa shape index (κ1) is 41.9. The molecule has 12 aromatic rings. The van der Waals surface area contributed by atoms with Crippen LogP contribution in [0.1, 0.15) is 22.3 Å². The van der Waals surface area contributed by atoms with Gasteiger partial charge in [-0.1, -0.05) is 243 Å². The van der Waals surface area contributed by atoms with Crippen LogP contribution in [-0.2, 0) is 5.41 Å². The molecule has 0 saturated carbocycles. The Hall–Kier alpha value is -9.24. The van der Waals surface area contributed by atoms with Gasteiger partial charge in [-0.05, 0) is 125 Å². The minimum absolute atomic E-state index is 0.537. The molecular formula is C69H46N2. The Morgan fingerprint density at radius 3 is 1.34 bits per heavy atom. The first-order valence-corrected chi connectivity index (χ1v) is 24.4. The molecule has 1 aliphatic carbocycles. The van der Waals surface area contributed by atoms with Crippen LogP contribution < -0.4 is 0 Å². The summed E-state index contributed by atoms with van der Waals surface area (Å²) < 4.78 is 0. The largest absolute Gasteiger partial charge is 0.228 e. The molecule has 1 aliphatic rings. The third-order valence-electron chi connectivity index (χ3n) is 14.4. The summed E-state index contributed by atoms with van der Waals surface area (Å²) >= 11 is 0. The van der Waals surface area contributed by atoms with E-state index in [1.54, 1.807) is 0 Å². The van der Waals surface area contributed by atoms with E-state index < -0.39 is 5.41 Å². The fourth-order valence-electron chi connectivity index (χ4n) is 11.1. The number of hydrogen-bond donors (Lipinski definition) is 0. The van der Waals surface area contributed by atoms with Crippen LogP contribution in [0.2, 0.25) is 0 Å². The van der Waals surface area contributed by atoms with Gasteiger partial charge in [0.25, 0.3) is 0 Å². The number of hydrogen-bond acceptors (Lipinski definition) is 2.